The molecule has 0 unspecified atom stereocenters. The van der Waals surface area contributed by atoms with Crippen molar-refractivity contribution < 1.29 is 19.7 Å². The van der Waals surface area contributed by atoms with Gasteiger partial charge in [0.2, 0.25) is 0 Å². The number of rotatable bonds is 7. The predicted molar refractivity (Wildman–Crippen MR) is 136 cm³/mol. The van der Waals surface area contributed by atoms with Crippen molar-refractivity contribution in [2.75, 3.05) is 26.2 Å². The van der Waals surface area contributed by atoms with E-state index in [2.05, 4.69) is 4.90 Å². The van der Waals surface area contributed by atoms with E-state index in [-0.39, 0.29) is 17.3 Å². The molecule has 0 amide bonds. The van der Waals surface area contributed by atoms with Crippen LogP contribution in [0, 0.1) is 0 Å². The first kappa shape index (κ1) is 22.4. The summed E-state index contributed by atoms with van der Waals surface area (Å²) < 4.78 is 6.84. The quantitative estimate of drug-likeness (QED) is 0.319. The lowest BCUT2D eigenvalue weighted by Gasteiger charge is -2.26. The van der Waals surface area contributed by atoms with Crippen LogP contribution >= 0.6 is 11.3 Å². The van der Waals surface area contributed by atoms with E-state index >= 15 is 0 Å². The van der Waals surface area contributed by atoms with E-state index in [4.69, 9.17) is 4.74 Å². The number of hydrogen-bond acceptors (Lipinski definition) is 6. The van der Waals surface area contributed by atoms with Crippen molar-refractivity contribution in [1.29, 1.82) is 0 Å². The third-order valence-electron chi connectivity index (χ3n) is 6.27. The van der Waals surface area contributed by atoms with Gasteiger partial charge in [-0.1, -0.05) is 6.42 Å². The summed E-state index contributed by atoms with van der Waals surface area (Å²) in [6.07, 6.45) is 3.84. The van der Waals surface area contributed by atoms with Crippen molar-refractivity contribution >= 4 is 27.2 Å². The van der Waals surface area contributed by atoms with Crippen LogP contribution in [0.5, 0.6) is 17.2 Å². The number of carbonyl (C=O) groups excluding carboxylic acids is 1. The van der Waals surface area contributed by atoms with Crippen LogP contribution in [0.2, 0.25) is 0 Å². The molecule has 1 fully saturated rings. The van der Waals surface area contributed by atoms with Crippen molar-refractivity contribution in [2.45, 2.75) is 19.3 Å². The fraction of sp³-hybridized carbons (Fsp3) is 0.250. The Balaban J connectivity index is 1.39. The Morgan fingerprint density at radius 2 is 1.59 bits per heavy atom. The largest absolute Gasteiger partial charge is 0.508 e. The lowest BCUT2D eigenvalue weighted by Crippen LogP contribution is -2.33. The zero-order chi connectivity index (χ0) is 23.5. The van der Waals surface area contributed by atoms with Crippen molar-refractivity contribution in [1.82, 2.24) is 4.90 Å². The second-order valence-electron chi connectivity index (χ2n) is 8.64. The highest BCUT2D eigenvalue weighted by Gasteiger charge is 2.22. The van der Waals surface area contributed by atoms with Gasteiger partial charge in [-0.15, -0.1) is 11.3 Å². The van der Waals surface area contributed by atoms with Crippen LogP contribution in [0.15, 0.2) is 66.7 Å². The molecule has 0 atom stereocenters. The summed E-state index contributed by atoms with van der Waals surface area (Å²) in [6.45, 7) is 3.84. The number of likely N-dealkylation sites (tertiary alicyclic amines) is 1. The molecule has 0 spiro atoms. The standard InChI is InChI=1S/C28H27NO4S/c30-21-8-4-20(5-9-21)28-26(24-18-22(31)10-13-25(24)34-28)27(32)19-6-11-23(12-7-19)33-17-16-29-14-2-1-3-15-29/h4-13,18,30-31H,1-3,14-17H2. The average molecular weight is 474 g/mol. The molecule has 34 heavy (non-hydrogen) atoms. The summed E-state index contributed by atoms with van der Waals surface area (Å²) >= 11 is 1.50. The van der Waals surface area contributed by atoms with Gasteiger partial charge in [-0.2, -0.15) is 0 Å². The number of phenols is 2. The Morgan fingerprint density at radius 1 is 0.882 bits per heavy atom. The first-order valence-corrected chi connectivity index (χ1v) is 12.4. The average Bonchev–Trinajstić information content (AvgIpc) is 3.23. The summed E-state index contributed by atoms with van der Waals surface area (Å²) in [6, 6.07) is 19.2. The van der Waals surface area contributed by atoms with Gasteiger partial charge in [-0.25, -0.2) is 0 Å². The molecule has 5 rings (SSSR count). The van der Waals surface area contributed by atoms with Crippen molar-refractivity contribution in [3.63, 3.8) is 0 Å². The molecule has 0 radical (unpaired) electrons. The van der Waals surface area contributed by atoms with E-state index in [1.54, 1.807) is 48.5 Å². The molecule has 4 aromatic rings. The Morgan fingerprint density at radius 3 is 2.32 bits per heavy atom. The number of ether oxygens (including phenoxy) is 1. The monoisotopic (exact) mass is 473 g/mol. The van der Waals surface area contributed by atoms with Crippen molar-refractivity contribution in [3.8, 4) is 27.7 Å². The number of benzene rings is 3. The first-order chi connectivity index (χ1) is 16.6. The topological polar surface area (TPSA) is 70.0 Å². The zero-order valence-corrected chi connectivity index (χ0v) is 19.7. The molecular weight excluding hydrogens is 446 g/mol. The van der Waals surface area contributed by atoms with Gasteiger partial charge in [-0.05, 0) is 98.2 Å². The van der Waals surface area contributed by atoms with Crippen LogP contribution in [0.4, 0.5) is 0 Å². The summed E-state index contributed by atoms with van der Waals surface area (Å²) in [5, 5.41) is 20.5. The lowest BCUT2D eigenvalue weighted by molar-refractivity contribution is 0.104. The second kappa shape index (κ2) is 9.87. The smallest absolute Gasteiger partial charge is 0.195 e. The molecule has 0 saturated carbocycles. The molecule has 2 N–H and O–H groups in total. The molecule has 1 aliphatic heterocycles. The van der Waals surface area contributed by atoms with Crippen LogP contribution < -0.4 is 4.74 Å². The van der Waals surface area contributed by atoms with Gasteiger partial charge in [0.25, 0.3) is 0 Å². The molecule has 1 aromatic heterocycles. The van der Waals surface area contributed by atoms with Crippen molar-refractivity contribution in [3.05, 3.63) is 77.9 Å². The summed E-state index contributed by atoms with van der Waals surface area (Å²) in [7, 11) is 0. The molecular formula is C28H27NO4S. The second-order valence-corrected chi connectivity index (χ2v) is 9.69. The SMILES string of the molecule is O=C(c1ccc(OCCN2CCCCC2)cc1)c1c(-c2ccc(O)cc2)sc2ccc(O)cc12. The third kappa shape index (κ3) is 4.79. The number of hydrogen-bond donors (Lipinski definition) is 2. The Kier molecular flexibility index (Phi) is 6.52. The highest BCUT2D eigenvalue weighted by molar-refractivity contribution is 7.22. The maximum Gasteiger partial charge on any atom is 0.195 e. The third-order valence-corrected chi connectivity index (χ3v) is 7.49. The van der Waals surface area contributed by atoms with Gasteiger partial charge in [0.1, 0.15) is 23.9 Å². The van der Waals surface area contributed by atoms with E-state index in [0.29, 0.717) is 17.7 Å². The normalized spacial score (nSPS) is 14.4. The minimum absolute atomic E-state index is 0.111. The van der Waals surface area contributed by atoms with E-state index in [1.165, 1.54) is 30.6 Å². The molecule has 2 heterocycles. The number of carbonyl (C=O) groups is 1. The number of phenolic OH excluding ortho intramolecular Hbond substituents is 2. The molecule has 0 bridgehead atoms. The van der Waals surface area contributed by atoms with E-state index in [9.17, 15) is 15.0 Å². The number of thiophene rings is 1. The number of ketones is 1. The maximum absolute atomic E-state index is 13.7. The van der Waals surface area contributed by atoms with E-state index in [1.807, 2.05) is 18.2 Å². The van der Waals surface area contributed by atoms with Gasteiger partial charge in [0.05, 0.1) is 0 Å². The van der Waals surface area contributed by atoms with Crippen LogP contribution in [0.3, 0.4) is 0 Å². The minimum Gasteiger partial charge on any atom is -0.508 e. The number of piperidine rings is 1. The fourth-order valence-corrected chi connectivity index (χ4v) is 5.64. The van der Waals surface area contributed by atoms with E-state index in [0.717, 1.165) is 45.9 Å². The Labute approximate surface area is 202 Å². The van der Waals surface area contributed by atoms with Crippen LogP contribution in [-0.2, 0) is 0 Å². The van der Waals surface area contributed by atoms with Crippen molar-refractivity contribution in [2.24, 2.45) is 0 Å². The minimum atomic E-state index is -0.111. The van der Waals surface area contributed by atoms with Gasteiger partial charge >= 0.3 is 0 Å². The summed E-state index contributed by atoms with van der Waals surface area (Å²) in [4.78, 5) is 16.9. The van der Waals surface area contributed by atoms with Gasteiger partial charge in [-0.3, -0.25) is 9.69 Å². The molecule has 174 valence electrons. The van der Waals surface area contributed by atoms with Crippen LogP contribution in [0.25, 0.3) is 20.5 Å². The van der Waals surface area contributed by atoms with Gasteiger partial charge in [0.15, 0.2) is 5.78 Å². The molecule has 3 aromatic carbocycles. The molecule has 6 heteroatoms. The molecule has 1 aliphatic rings. The van der Waals surface area contributed by atoms with Crippen LogP contribution in [-0.4, -0.2) is 47.1 Å². The molecule has 5 nitrogen and oxygen atoms in total. The highest BCUT2D eigenvalue weighted by atomic mass is 32.1. The predicted octanol–water partition coefficient (Wildman–Crippen LogP) is 6.08. The van der Waals surface area contributed by atoms with Gasteiger partial charge in [0, 0.05) is 32.6 Å². The Hall–Kier alpha value is -3.35. The Bertz CT molecular complexity index is 1290. The number of fused-ring (bicyclic) bond motifs is 1. The number of aromatic hydroxyl groups is 2. The highest BCUT2D eigenvalue weighted by Crippen LogP contribution is 2.41. The van der Waals surface area contributed by atoms with E-state index < -0.39 is 0 Å². The summed E-state index contributed by atoms with van der Waals surface area (Å²) in [5.74, 6) is 0.931. The van der Waals surface area contributed by atoms with Crippen LogP contribution in [0.1, 0.15) is 35.2 Å². The molecule has 1 saturated heterocycles. The lowest BCUT2D eigenvalue weighted by atomic mass is 9.97. The van der Waals surface area contributed by atoms with Gasteiger partial charge < -0.3 is 14.9 Å². The zero-order valence-electron chi connectivity index (χ0n) is 18.9. The number of nitrogens with zero attached hydrogens (tertiary/aromatic N) is 1. The molecule has 0 aliphatic carbocycles. The summed E-state index contributed by atoms with van der Waals surface area (Å²) in [5.41, 5.74) is 1.96. The fourth-order valence-electron chi connectivity index (χ4n) is 4.45. The maximum atomic E-state index is 13.7. The first-order valence-electron chi connectivity index (χ1n) is 11.6.